The Morgan fingerprint density at radius 1 is 1.50 bits per heavy atom. The van der Waals surface area contributed by atoms with E-state index in [2.05, 4.69) is 31.0 Å². The summed E-state index contributed by atoms with van der Waals surface area (Å²) in [6.45, 7) is 9.47. The molecule has 0 bridgehead atoms. The number of nitrogens with one attached hydrogen (secondary N) is 1. The highest BCUT2D eigenvalue weighted by Crippen LogP contribution is 2.14. The molecule has 1 aliphatic rings. The monoisotopic (exact) mass is 227 g/mol. The Labute approximate surface area is 98.6 Å². The molecule has 2 atom stereocenters. The zero-order valence-corrected chi connectivity index (χ0v) is 10.7. The van der Waals surface area contributed by atoms with Gasteiger partial charge in [-0.3, -0.25) is 9.69 Å². The number of carbonyl (C=O) groups excluding carboxylic acids is 1. The van der Waals surface area contributed by atoms with Gasteiger partial charge in [-0.15, -0.1) is 0 Å². The lowest BCUT2D eigenvalue weighted by atomic mass is 9.97. The van der Waals surface area contributed by atoms with Crippen molar-refractivity contribution in [1.82, 2.24) is 10.2 Å². The van der Waals surface area contributed by atoms with E-state index in [0.717, 1.165) is 26.1 Å². The molecule has 0 aromatic heterocycles. The topological polar surface area (TPSA) is 58.4 Å². The van der Waals surface area contributed by atoms with Gasteiger partial charge in [0.2, 0.25) is 5.91 Å². The summed E-state index contributed by atoms with van der Waals surface area (Å²) in [6, 6.07) is 0.224. The van der Waals surface area contributed by atoms with E-state index >= 15 is 0 Å². The van der Waals surface area contributed by atoms with Crippen LogP contribution < -0.4 is 11.1 Å². The summed E-state index contributed by atoms with van der Waals surface area (Å²) in [5.41, 5.74) is 5.94. The molecule has 0 aromatic rings. The van der Waals surface area contributed by atoms with Crippen molar-refractivity contribution in [2.24, 2.45) is 17.6 Å². The van der Waals surface area contributed by atoms with Crippen molar-refractivity contribution in [2.45, 2.75) is 33.2 Å². The van der Waals surface area contributed by atoms with Crippen molar-refractivity contribution in [2.75, 3.05) is 26.2 Å². The second-order valence-electron chi connectivity index (χ2n) is 5.49. The Balaban J connectivity index is 2.27. The van der Waals surface area contributed by atoms with Crippen molar-refractivity contribution in [3.05, 3.63) is 0 Å². The van der Waals surface area contributed by atoms with Crippen LogP contribution in [0.3, 0.4) is 0 Å². The van der Waals surface area contributed by atoms with Gasteiger partial charge in [-0.1, -0.05) is 20.8 Å². The Hall–Kier alpha value is -0.610. The molecule has 1 aliphatic heterocycles. The van der Waals surface area contributed by atoms with E-state index in [-0.39, 0.29) is 11.9 Å². The predicted molar refractivity (Wildman–Crippen MR) is 66.0 cm³/mol. The SMILES string of the molecule is CC(C)CNC(=O)CN1CC(C)CC(N)C1. The minimum atomic E-state index is 0.120. The maximum Gasteiger partial charge on any atom is 0.234 e. The van der Waals surface area contributed by atoms with Crippen molar-refractivity contribution in [3.8, 4) is 0 Å². The minimum Gasteiger partial charge on any atom is -0.355 e. The van der Waals surface area contributed by atoms with E-state index in [1.807, 2.05) is 0 Å². The fraction of sp³-hybridized carbons (Fsp3) is 0.917. The van der Waals surface area contributed by atoms with E-state index in [1.165, 1.54) is 0 Å². The standard InChI is InChI=1S/C12H25N3O/c1-9(2)5-14-12(16)8-15-6-10(3)4-11(13)7-15/h9-11H,4-8,13H2,1-3H3,(H,14,16). The molecule has 94 valence electrons. The van der Waals surface area contributed by atoms with E-state index in [4.69, 9.17) is 5.73 Å². The first-order valence-electron chi connectivity index (χ1n) is 6.22. The van der Waals surface area contributed by atoms with Crippen LogP contribution in [0.4, 0.5) is 0 Å². The lowest BCUT2D eigenvalue weighted by molar-refractivity contribution is -0.122. The zero-order chi connectivity index (χ0) is 12.1. The molecular weight excluding hydrogens is 202 g/mol. The smallest absolute Gasteiger partial charge is 0.234 e. The molecule has 0 saturated carbocycles. The lowest BCUT2D eigenvalue weighted by Gasteiger charge is -2.34. The number of nitrogens with two attached hydrogens (primary N) is 1. The van der Waals surface area contributed by atoms with Gasteiger partial charge in [-0.25, -0.2) is 0 Å². The first-order chi connectivity index (χ1) is 7.47. The van der Waals surface area contributed by atoms with Crippen molar-refractivity contribution in [1.29, 1.82) is 0 Å². The minimum absolute atomic E-state index is 0.120. The highest BCUT2D eigenvalue weighted by atomic mass is 16.2. The summed E-state index contributed by atoms with van der Waals surface area (Å²) < 4.78 is 0. The van der Waals surface area contributed by atoms with Crippen molar-refractivity contribution in [3.63, 3.8) is 0 Å². The summed E-state index contributed by atoms with van der Waals surface area (Å²) in [6.07, 6.45) is 1.07. The van der Waals surface area contributed by atoms with Gasteiger partial charge in [0.05, 0.1) is 6.54 Å². The first-order valence-corrected chi connectivity index (χ1v) is 6.22. The van der Waals surface area contributed by atoms with E-state index in [9.17, 15) is 4.79 Å². The van der Waals surface area contributed by atoms with Gasteiger partial charge < -0.3 is 11.1 Å². The summed E-state index contributed by atoms with van der Waals surface area (Å²) in [7, 11) is 0. The van der Waals surface area contributed by atoms with Crippen LogP contribution in [-0.2, 0) is 4.79 Å². The molecule has 1 saturated heterocycles. The molecule has 0 aromatic carbocycles. The Morgan fingerprint density at radius 3 is 2.75 bits per heavy atom. The molecule has 0 spiro atoms. The zero-order valence-electron chi connectivity index (χ0n) is 10.7. The number of amides is 1. The number of likely N-dealkylation sites (tertiary alicyclic amines) is 1. The van der Waals surface area contributed by atoms with Crippen LogP contribution in [-0.4, -0.2) is 43.0 Å². The number of carbonyl (C=O) groups is 1. The molecule has 0 aliphatic carbocycles. The Morgan fingerprint density at radius 2 is 2.19 bits per heavy atom. The van der Waals surface area contributed by atoms with Crippen LogP contribution >= 0.6 is 0 Å². The molecule has 1 rings (SSSR count). The summed E-state index contributed by atoms with van der Waals surface area (Å²) in [4.78, 5) is 13.8. The summed E-state index contributed by atoms with van der Waals surface area (Å²) >= 11 is 0. The average molecular weight is 227 g/mol. The molecule has 4 heteroatoms. The van der Waals surface area contributed by atoms with Gasteiger partial charge >= 0.3 is 0 Å². The maximum absolute atomic E-state index is 11.6. The maximum atomic E-state index is 11.6. The number of hydrogen-bond donors (Lipinski definition) is 2. The normalized spacial score (nSPS) is 27.1. The largest absolute Gasteiger partial charge is 0.355 e. The number of rotatable bonds is 4. The van der Waals surface area contributed by atoms with Crippen LogP contribution in [0.15, 0.2) is 0 Å². The quantitative estimate of drug-likeness (QED) is 0.732. The van der Waals surface area contributed by atoms with Crippen molar-refractivity contribution >= 4 is 5.91 Å². The summed E-state index contributed by atoms with van der Waals surface area (Å²) in [5.74, 6) is 1.23. The van der Waals surface area contributed by atoms with Crippen LogP contribution in [0.2, 0.25) is 0 Å². The van der Waals surface area contributed by atoms with Gasteiger partial charge in [0.15, 0.2) is 0 Å². The molecule has 3 N–H and O–H groups in total. The highest BCUT2D eigenvalue weighted by Gasteiger charge is 2.23. The van der Waals surface area contributed by atoms with Gasteiger partial charge in [0, 0.05) is 25.7 Å². The second kappa shape index (κ2) is 6.21. The van der Waals surface area contributed by atoms with E-state index < -0.39 is 0 Å². The van der Waals surface area contributed by atoms with Crippen LogP contribution in [0.5, 0.6) is 0 Å². The fourth-order valence-electron chi connectivity index (χ4n) is 2.22. The van der Waals surface area contributed by atoms with Crippen LogP contribution in [0, 0.1) is 11.8 Å². The average Bonchev–Trinajstić information content (AvgIpc) is 2.12. The molecule has 16 heavy (non-hydrogen) atoms. The van der Waals surface area contributed by atoms with Crippen LogP contribution in [0.25, 0.3) is 0 Å². The lowest BCUT2D eigenvalue weighted by Crippen LogP contribution is -2.49. The van der Waals surface area contributed by atoms with Gasteiger partial charge in [-0.2, -0.15) is 0 Å². The van der Waals surface area contributed by atoms with E-state index in [1.54, 1.807) is 0 Å². The molecule has 2 unspecified atom stereocenters. The highest BCUT2D eigenvalue weighted by molar-refractivity contribution is 5.78. The number of nitrogens with zero attached hydrogens (tertiary/aromatic N) is 1. The number of hydrogen-bond acceptors (Lipinski definition) is 3. The van der Waals surface area contributed by atoms with Gasteiger partial charge in [0.1, 0.15) is 0 Å². The first kappa shape index (κ1) is 13.5. The molecule has 4 nitrogen and oxygen atoms in total. The van der Waals surface area contributed by atoms with Crippen molar-refractivity contribution < 1.29 is 4.79 Å². The molecule has 0 radical (unpaired) electrons. The predicted octanol–water partition coefficient (Wildman–Crippen LogP) is 0.428. The Bertz CT molecular complexity index is 220. The third kappa shape index (κ3) is 4.94. The second-order valence-corrected chi connectivity index (χ2v) is 5.49. The van der Waals surface area contributed by atoms with Crippen LogP contribution in [0.1, 0.15) is 27.2 Å². The third-order valence-electron chi connectivity index (χ3n) is 2.84. The Kier molecular flexibility index (Phi) is 5.22. The molecule has 1 fully saturated rings. The summed E-state index contributed by atoms with van der Waals surface area (Å²) in [5, 5.41) is 2.94. The molecule has 1 heterocycles. The van der Waals surface area contributed by atoms with E-state index in [0.29, 0.717) is 18.4 Å². The third-order valence-corrected chi connectivity index (χ3v) is 2.84. The molecular formula is C12H25N3O. The fourth-order valence-corrected chi connectivity index (χ4v) is 2.22. The van der Waals surface area contributed by atoms with Gasteiger partial charge in [-0.05, 0) is 18.3 Å². The number of piperidine rings is 1. The molecule has 1 amide bonds. The van der Waals surface area contributed by atoms with Gasteiger partial charge in [0.25, 0.3) is 0 Å².